The predicted molar refractivity (Wildman–Crippen MR) is 91.3 cm³/mol. The maximum Gasteiger partial charge on any atom is 0.306 e. The fourth-order valence-electron chi connectivity index (χ4n) is 2.87. The number of para-hydroxylation sites is 1. The number of aliphatic carboxylic acids is 1. The number of carboxylic acids is 1. The second kappa shape index (κ2) is 8.68. The first-order valence-electron chi connectivity index (χ1n) is 8.37. The number of hydrogen-bond acceptors (Lipinski definition) is 4. The van der Waals surface area contributed by atoms with Crippen LogP contribution in [-0.4, -0.2) is 55.2 Å². The van der Waals surface area contributed by atoms with Gasteiger partial charge in [0.2, 0.25) is 0 Å². The number of hydrogen-bond donors (Lipinski definition) is 2. The molecule has 0 spiro atoms. The van der Waals surface area contributed by atoms with Gasteiger partial charge in [0.1, 0.15) is 12.4 Å². The van der Waals surface area contributed by atoms with Gasteiger partial charge in [-0.3, -0.25) is 9.59 Å². The molecule has 6 nitrogen and oxygen atoms in total. The molecule has 1 amide bonds. The van der Waals surface area contributed by atoms with Gasteiger partial charge < -0.3 is 20.1 Å². The lowest BCUT2D eigenvalue weighted by molar-refractivity contribution is -0.142. The minimum atomic E-state index is -0.737. The quantitative estimate of drug-likeness (QED) is 0.797. The van der Waals surface area contributed by atoms with E-state index in [1.54, 1.807) is 12.1 Å². The van der Waals surface area contributed by atoms with Crippen molar-refractivity contribution in [1.29, 1.82) is 0 Å². The van der Waals surface area contributed by atoms with Gasteiger partial charge in [-0.2, -0.15) is 0 Å². The number of nitrogens with one attached hydrogen (secondary N) is 1. The third-order valence-electron chi connectivity index (χ3n) is 4.34. The van der Waals surface area contributed by atoms with E-state index in [0.29, 0.717) is 43.6 Å². The molecule has 132 valence electrons. The van der Waals surface area contributed by atoms with Crippen LogP contribution < -0.4 is 10.1 Å². The average molecular weight is 334 g/mol. The van der Waals surface area contributed by atoms with E-state index in [2.05, 4.69) is 5.32 Å². The van der Waals surface area contributed by atoms with Gasteiger partial charge in [0, 0.05) is 12.6 Å². The van der Waals surface area contributed by atoms with E-state index in [0.717, 1.165) is 6.54 Å². The highest BCUT2D eigenvalue weighted by Gasteiger charge is 2.27. The summed E-state index contributed by atoms with van der Waals surface area (Å²) >= 11 is 0. The Morgan fingerprint density at radius 3 is 2.50 bits per heavy atom. The fourth-order valence-corrected chi connectivity index (χ4v) is 2.87. The van der Waals surface area contributed by atoms with Crippen LogP contribution >= 0.6 is 0 Å². The third-order valence-corrected chi connectivity index (χ3v) is 4.34. The molecule has 0 unspecified atom stereocenters. The molecule has 0 atom stereocenters. The van der Waals surface area contributed by atoms with Crippen molar-refractivity contribution >= 4 is 11.9 Å². The normalized spacial score (nSPS) is 20.6. The number of nitrogens with zero attached hydrogens (tertiary/aromatic N) is 1. The number of ether oxygens (including phenoxy) is 1. The standard InChI is InChI=1S/C18H26N2O4/c1-20(2)11-12-24-16-6-4-3-5-15(16)17(21)19-14-9-7-13(8-10-14)18(22)23/h3-6,13-14H,7-12H2,1-2H3,(H,19,21)(H,22,23). The number of carbonyl (C=O) groups excluding carboxylic acids is 1. The van der Waals surface area contributed by atoms with Crippen LogP contribution in [0.3, 0.4) is 0 Å². The van der Waals surface area contributed by atoms with Crippen LogP contribution in [0.4, 0.5) is 0 Å². The first-order valence-corrected chi connectivity index (χ1v) is 8.37. The molecule has 6 heteroatoms. The van der Waals surface area contributed by atoms with Crippen LogP contribution in [0.1, 0.15) is 36.0 Å². The van der Waals surface area contributed by atoms with Crippen LogP contribution in [0.5, 0.6) is 5.75 Å². The highest BCUT2D eigenvalue weighted by Crippen LogP contribution is 2.25. The van der Waals surface area contributed by atoms with Crippen molar-refractivity contribution in [2.45, 2.75) is 31.7 Å². The molecule has 2 rings (SSSR count). The van der Waals surface area contributed by atoms with E-state index in [1.165, 1.54) is 0 Å². The first-order chi connectivity index (χ1) is 11.5. The number of rotatable bonds is 7. The molecule has 0 radical (unpaired) electrons. The fraction of sp³-hybridized carbons (Fsp3) is 0.556. The van der Waals surface area contributed by atoms with E-state index in [4.69, 9.17) is 9.84 Å². The van der Waals surface area contributed by atoms with E-state index in [1.807, 2.05) is 31.1 Å². The van der Waals surface area contributed by atoms with Crippen molar-refractivity contribution in [3.8, 4) is 5.75 Å². The van der Waals surface area contributed by atoms with Crippen LogP contribution in [0, 0.1) is 5.92 Å². The Bertz CT molecular complexity index is 566. The van der Waals surface area contributed by atoms with Crippen molar-refractivity contribution in [1.82, 2.24) is 10.2 Å². The maximum absolute atomic E-state index is 12.5. The molecule has 0 aliphatic heterocycles. The second-order valence-electron chi connectivity index (χ2n) is 6.51. The molecule has 1 aliphatic carbocycles. The van der Waals surface area contributed by atoms with Crippen LogP contribution in [0.2, 0.25) is 0 Å². The molecule has 1 saturated carbocycles. The summed E-state index contributed by atoms with van der Waals surface area (Å²) in [5.74, 6) is -0.593. The zero-order valence-corrected chi connectivity index (χ0v) is 14.3. The van der Waals surface area contributed by atoms with Crippen LogP contribution in [0.25, 0.3) is 0 Å². The van der Waals surface area contributed by atoms with Gasteiger partial charge in [-0.25, -0.2) is 0 Å². The molecule has 1 aromatic rings. The van der Waals surface area contributed by atoms with E-state index in [9.17, 15) is 9.59 Å². The lowest BCUT2D eigenvalue weighted by Gasteiger charge is -2.27. The van der Waals surface area contributed by atoms with Crippen molar-refractivity contribution < 1.29 is 19.4 Å². The molecular weight excluding hydrogens is 308 g/mol. The molecule has 0 saturated heterocycles. The van der Waals surface area contributed by atoms with Crippen LogP contribution in [-0.2, 0) is 4.79 Å². The maximum atomic E-state index is 12.5. The second-order valence-corrected chi connectivity index (χ2v) is 6.51. The zero-order valence-electron chi connectivity index (χ0n) is 14.3. The smallest absolute Gasteiger partial charge is 0.306 e. The van der Waals surface area contributed by atoms with Gasteiger partial charge >= 0.3 is 5.97 Å². The van der Waals surface area contributed by atoms with Gasteiger partial charge in [-0.1, -0.05) is 12.1 Å². The van der Waals surface area contributed by atoms with Gasteiger partial charge in [-0.15, -0.1) is 0 Å². The van der Waals surface area contributed by atoms with E-state index in [-0.39, 0.29) is 17.9 Å². The summed E-state index contributed by atoms with van der Waals surface area (Å²) in [4.78, 5) is 25.5. The number of amides is 1. The molecule has 0 bridgehead atoms. The van der Waals surface area contributed by atoms with Gasteiger partial charge in [0.25, 0.3) is 5.91 Å². The van der Waals surface area contributed by atoms with Crippen molar-refractivity contribution in [3.05, 3.63) is 29.8 Å². The highest BCUT2D eigenvalue weighted by atomic mass is 16.5. The summed E-state index contributed by atoms with van der Waals surface area (Å²) in [6.45, 7) is 1.29. The van der Waals surface area contributed by atoms with Crippen LogP contribution in [0.15, 0.2) is 24.3 Å². The van der Waals surface area contributed by atoms with E-state index < -0.39 is 5.97 Å². The average Bonchev–Trinajstić information content (AvgIpc) is 2.55. The molecule has 0 aromatic heterocycles. The Balaban J connectivity index is 1.91. The van der Waals surface area contributed by atoms with Crippen molar-refractivity contribution in [3.63, 3.8) is 0 Å². The van der Waals surface area contributed by atoms with Gasteiger partial charge in [-0.05, 0) is 51.9 Å². The lowest BCUT2D eigenvalue weighted by Crippen LogP contribution is -2.38. The first kappa shape index (κ1) is 18.3. The Labute approximate surface area is 142 Å². The number of benzene rings is 1. The summed E-state index contributed by atoms with van der Waals surface area (Å²) < 4.78 is 5.73. The van der Waals surface area contributed by atoms with Crippen molar-refractivity contribution in [2.75, 3.05) is 27.2 Å². The van der Waals surface area contributed by atoms with E-state index >= 15 is 0 Å². The monoisotopic (exact) mass is 334 g/mol. The summed E-state index contributed by atoms with van der Waals surface area (Å²) in [6.07, 6.45) is 2.63. The minimum Gasteiger partial charge on any atom is -0.491 e. The highest BCUT2D eigenvalue weighted by molar-refractivity contribution is 5.97. The molecule has 1 aliphatic rings. The predicted octanol–water partition coefficient (Wildman–Crippen LogP) is 2.00. The number of likely N-dealkylation sites (N-methyl/N-ethyl adjacent to an activating group) is 1. The SMILES string of the molecule is CN(C)CCOc1ccccc1C(=O)NC1CCC(C(=O)O)CC1. The lowest BCUT2D eigenvalue weighted by atomic mass is 9.86. The summed E-state index contributed by atoms with van der Waals surface area (Å²) in [5.41, 5.74) is 0.525. The van der Waals surface area contributed by atoms with Gasteiger partial charge in [0.15, 0.2) is 0 Å². The zero-order chi connectivity index (χ0) is 17.5. The topological polar surface area (TPSA) is 78.9 Å². The summed E-state index contributed by atoms with van der Waals surface area (Å²) in [6, 6.07) is 7.24. The summed E-state index contributed by atoms with van der Waals surface area (Å²) in [5, 5.41) is 12.0. The number of carbonyl (C=O) groups is 2. The molecule has 1 fully saturated rings. The molecular formula is C18H26N2O4. The third kappa shape index (κ3) is 5.23. The van der Waals surface area contributed by atoms with Gasteiger partial charge in [0.05, 0.1) is 11.5 Å². The Hall–Kier alpha value is -2.08. The summed E-state index contributed by atoms with van der Waals surface area (Å²) in [7, 11) is 3.94. The number of carboxylic acid groups (broad SMARTS) is 1. The Morgan fingerprint density at radius 1 is 1.21 bits per heavy atom. The minimum absolute atomic E-state index is 0.0305. The van der Waals surface area contributed by atoms with Crippen molar-refractivity contribution in [2.24, 2.45) is 5.92 Å². The Kier molecular flexibility index (Phi) is 6.61. The Morgan fingerprint density at radius 2 is 1.88 bits per heavy atom. The largest absolute Gasteiger partial charge is 0.491 e. The molecule has 0 heterocycles. The molecule has 1 aromatic carbocycles. The molecule has 2 N–H and O–H groups in total. The molecule has 24 heavy (non-hydrogen) atoms.